The predicted molar refractivity (Wildman–Crippen MR) is 83.3 cm³/mol. The minimum absolute atomic E-state index is 0.156. The minimum atomic E-state index is -3.51. The first-order valence-electron chi connectivity index (χ1n) is 7.30. The zero-order valence-electron chi connectivity index (χ0n) is 12.8. The SMILES string of the molecule is Cc1ccsc1S(=O)(=O)N1CCCC1c1nc(C(C)C)no1. The Morgan fingerprint density at radius 2 is 2.23 bits per heavy atom. The first-order chi connectivity index (χ1) is 10.4. The number of nitrogens with zero attached hydrogens (tertiary/aromatic N) is 3. The number of hydrogen-bond donors (Lipinski definition) is 0. The van der Waals surface area contributed by atoms with Gasteiger partial charge in [0.05, 0.1) is 0 Å². The number of aromatic nitrogens is 2. The largest absolute Gasteiger partial charge is 0.338 e. The highest BCUT2D eigenvalue weighted by Gasteiger charge is 2.40. The maximum Gasteiger partial charge on any atom is 0.253 e. The van der Waals surface area contributed by atoms with E-state index in [9.17, 15) is 8.42 Å². The second-order valence-corrected chi connectivity index (χ2v) is 8.81. The quantitative estimate of drug-likeness (QED) is 0.854. The second-order valence-electron chi connectivity index (χ2n) is 5.81. The fraction of sp³-hybridized carbons (Fsp3) is 0.571. The summed E-state index contributed by atoms with van der Waals surface area (Å²) in [5, 5.41) is 5.75. The molecule has 1 aliphatic heterocycles. The fourth-order valence-corrected chi connectivity index (χ4v) is 5.80. The fourth-order valence-electron chi connectivity index (χ4n) is 2.62. The average Bonchev–Trinajstić information content (AvgIpc) is 3.18. The van der Waals surface area contributed by atoms with Crippen molar-refractivity contribution in [3.05, 3.63) is 28.7 Å². The van der Waals surface area contributed by atoms with Gasteiger partial charge in [-0.05, 0) is 36.8 Å². The maximum atomic E-state index is 12.9. The third-order valence-corrected chi connectivity index (χ3v) is 7.39. The molecular weight excluding hydrogens is 322 g/mol. The third kappa shape index (κ3) is 2.59. The van der Waals surface area contributed by atoms with Gasteiger partial charge in [0.25, 0.3) is 10.0 Å². The van der Waals surface area contributed by atoms with Gasteiger partial charge in [0, 0.05) is 12.5 Å². The van der Waals surface area contributed by atoms with Crippen LogP contribution in [0.15, 0.2) is 20.2 Å². The Bertz CT molecular complexity index is 764. The van der Waals surface area contributed by atoms with Crippen LogP contribution in [-0.2, 0) is 10.0 Å². The van der Waals surface area contributed by atoms with Crippen LogP contribution in [0.5, 0.6) is 0 Å². The van der Waals surface area contributed by atoms with Crippen LogP contribution in [0.25, 0.3) is 0 Å². The molecule has 2 aromatic rings. The molecule has 0 amide bonds. The Morgan fingerprint density at radius 3 is 2.82 bits per heavy atom. The Kier molecular flexibility index (Phi) is 4.09. The smallest absolute Gasteiger partial charge is 0.253 e. The van der Waals surface area contributed by atoms with Crippen molar-refractivity contribution in [2.45, 2.75) is 49.8 Å². The number of aryl methyl sites for hydroxylation is 1. The van der Waals surface area contributed by atoms with Crippen molar-refractivity contribution in [3.63, 3.8) is 0 Å². The summed E-state index contributed by atoms with van der Waals surface area (Å²) in [6.07, 6.45) is 1.51. The van der Waals surface area contributed by atoms with Gasteiger partial charge in [-0.3, -0.25) is 0 Å². The zero-order chi connectivity index (χ0) is 15.9. The molecule has 3 heterocycles. The molecule has 6 nitrogen and oxygen atoms in total. The molecule has 0 spiro atoms. The third-order valence-electron chi connectivity index (χ3n) is 3.82. The van der Waals surface area contributed by atoms with Gasteiger partial charge in [0.2, 0.25) is 5.89 Å². The lowest BCUT2D eigenvalue weighted by atomic mass is 10.2. The van der Waals surface area contributed by atoms with Crippen LogP contribution in [-0.4, -0.2) is 29.4 Å². The molecule has 0 bridgehead atoms. The molecule has 0 radical (unpaired) electrons. The molecule has 2 aromatic heterocycles. The lowest BCUT2D eigenvalue weighted by molar-refractivity contribution is 0.289. The van der Waals surface area contributed by atoms with E-state index in [0.717, 1.165) is 12.0 Å². The monoisotopic (exact) mass is 341 g/mol. The molecule has 3 rings (SSSR count). The number of hydrogen-bond acceptors (Lipinski definition) is 6. The molecule has 0 saturated carbocycles. The summed E-state index contributed by atoms with van der Waals surface area (Å²) in [4.78, 5) is 4.38. The highest BCUT2D eigenvalue weighted by atomic mass is 32.2. The van der Waals surface area contributed by atoms with E-state index in [1.54, 1.807) is 5.38 Å². The molecule has 8 heteroatoms. The Balaban J connectivity index is 1.94. The molecule has 1 saturated heterocycles. The first-order valence-corrected chi connectivity index (χ1v) is 9.62. The Morgan fingerprint density at radius 1 is 1.45 bits per heavy atom. The summed E-state index contributed by atoms with van der Waals surface area (Å²) < 4.78 is 33.0. The van der Waals surface area contributed by atoms with Crippen LogP contribution in [0.4, 0.5) is 0 Å². The zero-order valence-corrected chi connectivity index (χ0v) is 14.4. The van der Waals surface area contributed by atoms with E-state index in [4.69, 9.17) is 4.52 Å². The van der Waals surface area contributed by atoms with E-state index in [0.29, 0.717) is 28.9 Å². The maximum absolute atomic E-state index is 12.9. The standard InChI is InChI=1S/C14H19N3O3S2/c1-9(2)12-15-13(20-16-12)11-5-4-7-17(11)22(18,19)14-10(3)6-8-21-14/h6,8-9,11H,4-5,7H2,1-3H3. The van der Waals surface area contributed by atoms with Crippen molar-refractivity contribution < 1.29 is 12.9 Å². The van der Waals surface area contributed by atoms with E-state index in [-0.39, 0.29) is 12.0 Å². The van der Waals surface area contributed by atoms with E-state index in [1.807, 2.05) is 26.8 Å². The normalized spacial score (nSPS) is 20.1. The van der Waals surface area contributed by atoms with Crippen LogP contribution < -0.4 is 0 Å². The van der Waals surface area contributed by atoms with E-state index in [1.165, 1.54) is 15.6 Å². The van der Waals surface area contributed by atoms with Gasteiger partial charge in [0.15, 0.2) is 5.82 Å². The number of rotatable bonds is 4. The Hall–Kier alpha value is -1.25. The van der Waals surface area contributed by atoms with Crippen molar-refractivity contribution in [2.24, 2.45) is 0 Å². The van der Waals surface area contributed by atoms with Crippen LogP contribution in [0, 0.1) is 6.92 Å². The summed E-state index contributed by atoms with van der Waals surface area (Å²) in [5.74, 6) is 1.18. The van der Waals surface area contributed by atoms with Crippen molar-refractivity contribution in [1.82, 2.24) is 14.4 Å². The summed E-state index contributed by atoms with van der Waals surface area (Å²) in [6, 6.07) is 1.47. The summed E-state index contributed by atoms with van der Waals surface area (Å²) in [5.41, 5.74) is 0.782. The Labute approximate surface area is 134 Å². The lowest BCUT2D eigenvalue weighted by Crippen LogP contribution is -2.30. The summed E-state index contributed by atoms with van der Waals surface area (Å²) in [6.45, 7) is 6.27. The topological polar surface area (TPSA) is 76.3 Å². The van der Waals surface area contributed by atoms with Crippen LogP contribution >= 0.6 is 11.3 Å². The van der Waals surface area contributed by atoms with Gasteiger partial charge in [-0.2, -0.15) is 9.29 Å². The van der Waals surface area contributed by atoms with Crippen molar-refractivity contribution >= 4 is 21.4 Å². The van der Waals surface area contributed by atoms with Crippen LogP contribution in [0.2, 0.25) is 0 Å². The molecular formula is C14H19N3O3S2. The highest BCUT2D eigenvalue weighted by Crippen LogP contribution is 2.38. The van der Waals surface area contributed by atoms with Crippen LogP contribution in [0.3, 0.4) is 0 Å². The van der Waals surface area contributed by atoms with E-state index >= 15 is 0 Å². The molecule has 0 aromatic carbocycles. The minimum Gasteiger partial charge on any atom is -0.338 e. The van der Waals surface area contributed by atoms with Gasteiger partial charge >= 0.3 is 0 Å². The lowest BCUT2D eigenvalue weighted by Gasteiger charge is -2.20. The first kappa shape index (κ1) is 15.6. The second kappa shape index (κ2) is 5.75. The van der Waals surface area contributed by atoms with Crippen molar-refractivity contribution in [1.29, 1.82) is 0 Å². The van der Waals surface area contributed by atoms with E-state index < -0.39 is 10.0 Å². The van der Waals surface area contributed by atoms with Crippen molar-refractivity contribution in [2.75, 3.05) is 6.54 Å². The van der Waals surface area contributed by atoms with Gasteiger partial charge < -0.3 is 4.52 Å². The summed E-state index contributed by atoms with van der Waals surface area (Å²) >= 11 is 1.25. The molecule has 1 fully saturated rings. The van der Waals surface area contributed by atoms with E-state index in [2.05, 4.69) is 10.1 Å². The molecule has 1 atom stereocenters. The molecule has 1 unspecified atom stereocenters. The predicted octanol–water partition coefficient (Wildman–Crippen LogP) is 3.09. The van der Waals surface area contributed by atoms with Crippen LogP contribution in [0.1, 0.15) is 55.9 Å². The van der Waals surface area contributed by atoms with Gasteiger partial charge in [-0.25, -0.2) is 8.42 Å². The molecule has 1 aliphatic rings. The molecule has 0 aliphatic carbocycles. The van der Waals surface area contributed by atoms with Gasteiger partial charge in [-0.1, -0.05) is 19.0 Å². The number of thiophene rings is 1. The number of sulfonamides is 1. The highest BCUT2D eigenvalue weighted by molar-refractivity contribution is 7.91. The molecule has 120 valence electrons. The average molecular weight is 341 g/mol. The van der Waals surface area contributed by atoms with Gasteiger partial charge in [-0.15, -0.1) is 11.3 Å². The van der Waals surface area contributed by atoms with Gasteiger partial charge in [0.1, 0.15) is 10.3 Å². The molecule has 22 heavy (non-hydrogen) atoms. The van der Waals surface area contributed by atoms with Crippen molar-refractivity contribution in [3.8, 4) is 0 Å². The summed E-state index contributed by atoms with van der Waals surface area (Å²) in [7, 11) is -3.51. The molecule has 0 N–H and O–H groups in total.